The van der Waals surface area contributed by atoms with Gasteiger partial charge in [0.15, 0.2) is 11.6 Å². The van der Waals surface area contributed by atoms with Gasteiger partial charge in [-0.25, -0.2) is 14.2 Å². The summed E-state index contributed by atoms with van der Waals surface area (Å²) in [4.78, 5) is 31.5. The lowest BCUT2D eigenvalue weighted by Crippen LogP contribution is -2.44. The summed E-state index contributed by atoms with van der Waals surface area (Å²) in [6, 6.07) is 1.05. The van der Waals surface area contributed by atoms with Gasteiger partial charge in [0.2, 0.25) is 5.43 Å². The van der Waals surface area contributed by atoms with Gasteiger partial charge in [0.05, 0.1) is 5.39 Å². The first-order valence-corrected chi connectivity index (χ1v) is 6.49. The van der Waals surface area contributed by atoms with Crippen molar-refractivity contribution < 1.29 is 14.3 Å². The van der Waals surface area contributed by atoms with Crippen molar-refractivity contribution in [1.29, 1.82) is 0 Å². The Morgan fingerprint density at radius 3 is 2.76 bits per heavy atom. The maximum Gasteiger partial charge on any atom is 0.341 e. The number of nitrogens with zero attached hydrogens (tertiary/aromatic N) is 2. The summed E-state index contributed by atoms with van der Waals surface area (Å²) in [7, 11) is 0. The van der Waals surface area contributed by atoms with E-state index in [0.717, 1.165) is 25.4 Å². The number of aromatic nitrogens is 2. The topological polar surface area (TPSA) is 98.3 Å². The minimum Gasteiger partial charge on any atom is -0.477 e. The van der Waals surface area contributed by atoms with E-state index in [1.165, 1.54) is 0 Å². The number of nitrogens with one attached hydrogen (secondary N) is 2. The van der Waals surface area contributed by atoms with Crippen molar-refractivity contribution in [3.8, 4) is 0 Å². The number of fused-ring (bicyclic) bond motifs is 1. The molecule has 2 aromatic heterocycles. The Kier molecular flexibility index (Phi) is 3.30. The lowest BCUT2D eigenvalue weighted by Gasteiger charge is -2.28. The van der Waals surface area contributed by atoms with Gasteiger partial charge in [0, 0.05) is 32.4 Å². The van der Waals surface area contributed by atoms with Crippen LogP contribution in [-0.2, 0) is 0 Å². The Hall–Kier alpha value is -2.48. The number of anilines is 1. The summed E-state index contributed by atoms with van der Waals surface area (Å²) in [6.07, 6.45) is 1.08. The second-order valence-corrected chi connectivity index (χ2v) is 4.76. The molecule has 8 heteroatoms. The number of rotatable bonds is 2. The molecule has 21 heavy (non-hydrogen) atoms. The average molecular weight is 292 g/mol. The highest BCUT2D eigenvalue weighted by atomic mass is 19.1. The molecule has 1 saturated heterocycles. The summed E-state index contributed by atoms with van der Waals surface area (Å²) >= 11 is 0. The van der Waals surface area contributed by atoms with Crippen LogP contribution in [0.2, 0.25) is 0 Å². The number of aromatic carboxylic acids is 1. The Labute approximate surface area is 118 Å². The highest BCUT2D eigenvalue weighted by Crippen LogP contribution is 2.20. The molecule has 2 aromatic rings. The SMILES string of the molecule is O=C(O)c1c[nH]c2nc(N3CCNCC3)c(F)cc2c1=O. The zero-order valence-corrected chi connectivity index (χ0v) is 11.0. The van der Waals surface area contributed by atoms with E-state index in [1.54, 1.807) is 4.90 Å². The summed E-state index contributed by atoms with van der Waals surface area (Å²) < 4.78 is 14.2. The van der Waals surface area contributed by atoms with Crippen LogP contribution in [0.5, 0.6) is 0 Å². The van der Waals surface area contributed by atoms with Crippen molar-refractivity contribution in [3.63, 3.8) is 0 Å². The van der Waals surface area contributed by atoms with Gasteiger partial charge in [-0.15, -0.1) is 0 Å². The average Bonchev–Trinajstić information content (AvgIpc) is 2.48. The van der Waals surface area contributed by atoms with E-state index in [2.05, 4.69) is 15.3 Å². The monoisotopic (exact) mass is 292 g/mol. The third kappa shape index (κ3) is 2.33. The van der Waals surface area contributed by atoms with Crippen LogP contribution in [0.1, 0.15) is 10.4 Å². The molecule has 0 unspecified atom stereocenters. The van der Waals surface area contributed by atoms with E-state index in [4.69, 9.17) is 5.11 Å². The van der Waals surface area contributed by atoms with Crippen molar-refractivity contribution in [3.05, 3.63) is 33.9 Å². The molecule has 0 aliphatic carbocycles. The van der Waals surface area contributed by atoms with Crippen LogP contribution in [-0.4, -0.2) is 47.2 Å². The number of aromatic amines is 1. The first-order valence-electron chi connectivity index (χ1n) is 6.49. The number of carbonyl (C=O) groups is 1. The quantitative estimate of drug-likeness (QED) is 0.730. The third-order valence-corrected chi connectivity index (χ3v) is 3.45. The van der Waals surface area contributed by atoms with Crippen LogP contribution < -0.4 is 15.6 Å². The predicted molar refractivity (Wildman–Crippen MR) is 74.4 cm³/mol. The molecule has 0 atom stereocenters. The van der Waals surface area contributed by atoms with Gasteiger partial charge in [-0.1, -0.05) is 0 Å². The van der Waals surface area contributed by atoms with Crippen LogP contribution in [0.3, 0.4) is 0 Å². The number of pyridine rings is 2. The van der Waals surface area contributed by atoms with Crippen molar-refractivity contribution in [2.45, 2.75) is 0 Å². The van der Waals surface area contributed by atoms with E-state index in [1.807, 2.05) is 0 Å². The first-order chi connectivity index (χ1) is 10.1. The number of halogens is 1. The highest BCUT2D eigenvalue weighted by Gasteiger charge is 2.19. The molecule has 0 saturated carbocycles. The maximum atomic E-state index is 14.2. The Morgan fingerprint density at radius 2 is 2.10 bits per heavy atom. The van der Waals surface area contributed by atoms with Gasteiger partial charge < -0.3 is 20.3 Å². The molecule has 3 rings (SSSR count). The minimum absolute atomic E-state index is 0.0636. The molecule has 1 fully saturated rings. The minimum atomic E-state index is -1.36. The fraction of sp³-hybridized carbons (Fsp3) is 0.308. The van der Waals surface area contributed by atoms with Gasteiger partial charge in [-0.2, -0.15) is 0 Å². The summed E-state index contributed by atoms with van der Waals surface area (Å²) in [5.74, 6) is -1.81. The number of piperazine rings is 1. The Morgan fingerprint density at radius 1 is 1.38 bits per heavy atom. The van der Waals surface area contributed by atoms with E-state index in [-0.39, 0.29) is 16.9 Å². The normalized spacial score (nSPS) is 15.4. The Bertz CT molecular complexity index is 768. The van der Waals surface area contributed by atoms with Crippen molar-refractivity contribution in [2.75, 3.05) is 31.1 Å². The van der Waals surface area contributed by atoms with E-state index in [0.29, 0.717) is 13.1 Å². The zero-order valence-electron chi connectivity index (χ0n) is 11.0. The molecule has 0 aromatic carbocycles. The van der Waals surface area contributed by atoms with Gasteiger partial charge in [0.1, 0.15) is 11.2 Å². The molecule has 0 amide bonds. The zero-order chi connectivity index (χ0) is 15.0. The number of hydrogen-bond acceptors (Lipinski definition) is 5. The third-order valence-electron chi connectivity index (χ3n) is 3.45. The molecule has 110 valence electrons. The van der Waals surface area contributed by atoms with Crippen LogP contribution in [0.15, 0.2) is 17.1 Å². The Balaban J connectivity index is 2.14. The predicted octanol–water partition coefficient (Wildman–Crippen LogP) is 0.170. The van der Waals surface area contributed by atoms with Crippen molar-refractivity contribution in [1.82, 2.24) is 15.3 Å². The van der Waals surface area contributed by atoms with Crippen LogP contribution >= 0.6 is 0 Å². The molecule has 0 bridgehead atoms. The van der Waals surface area contributed by atoms with E-state index < -0.39 is 22.8 Å². The molecule has 0 spiro atoms. The summed E-state index contributed by atoms with van der Waals surface area (Å²) in [5, 5.41) is 12.0. The van der Waals surface area contributed by atoms with Crippen molar-refractivity contribution >= 4 is 22.8 Å². The second kappa shape index (κ2) is 5.13. The molecule has 3 N–H and O–H groups in total. The van der Waals surface area contributed by atoms with Crippen LogP contribution in [0.4, 0.5) is 10.2 Å². The number of carboxylic acid groups (broad SMARTS) is 1. The lowest BCUT2D eigenvalue weighted by atomic mass is 10.2. The molecule has 3 heterocycles. The van der Waals surface area contributed by atoms with Crippen LogP contribution in [0, 0.1) is 5.82 Å². The molecule has 0 radical (unpaired) electrons. The van der Waals surface area contributed by atoms with E-state index >= 15 is 0 Å². The molecule has 1 aliphatic heterocycles. The largest absolute Gasteiger partial charge is 0.477 e. The molecular weight excluding hydrogens is 279 g/mol. The second-order valence-electron chi connectivity index (χ2n) is 4.76. The molecular formula is C13H13FN4O3. The van der Waals surface area contributed by atoms with Crippen LogP contribution in [0.25, 0.3) is 11.0 Å². The summed E-state index contributed by atoms with van der Waals surface area (Å²) in [5.41, 5.74) is -0.993. The smallest absolute Gasteiger partial charge is 0.341 e. The number of carboxylic acids is 1. The fourth-order valence-corrected chi connectivity index (χ4v) is 2.37. The first kappa shape index (κ1) is 13.5. The molecule has 1 aliphatic rings. The number of H-pyrrole nitrogens is 1. The standard InChI is InChI=1S/C13H13FN4O3/c14-9-5-7-10(19)8(13(20)21)6-16-11(7)17-12(9)18-3-1-15-2-4-18/h5-6,15H,1-4H2,(H,20,21)(H,16,17,19). The lowest BCUT2D eigenvalue weighted by molar-refractivity contribution is 0.0695. The number of hydrogen-bond donors (Lipinski definition) is 3. The fourth-order valence-electron chi connectivity index (χ4n) is 2.37. The van der Waals surface area contributed by atoms with Gasteiger partial charge in [0.25, 0.3) is 0 Å². The van der Waals surface area contributed by atoms with E-state index in [9.17, 15) is 14.0 Å². The molecule has 7 nitrogen and oxygen atoms in total. The maximum absolute atomic E-state index is 14.2. The van der Waals surface area contributed by atoms with Crippen molar-refractivity contribution in [2.24, 2.45) is 0 Å². The van der Waals surface area contributed by atoms with Gasteiger partial charge in [-0.05, 0) is 6.07 Å². The summed E-state index contributed by atoms with van der Waals surface area (Å²) in [6.45, 7) is 2.70. The highest BCUT2D eigenvalue weighted by molar-refractivity contribution is 5.91. The van der Waals surface area contributed by atoms with Gasteiger partial charge >= 0.3 is 5.97 Å². The van der Waals surface area contributed by atoms with Gasteiger partial charge in [-0.3, -0.25) is 4.79 Å².